The lowest BCUT2D eigenvalue weighted by molar-refractivity contribution is 0.126. The van der Waals surface area contributed by atoms with Crippen LogP contribution in [0.4, 0.5) is 4.79 Å². The van der Waals surface area contributed by atoms with Crippen molar-refractivity contribution in [1.82, 2.24) is 10.2 Å². The number of aliphatic hydroxyl groups is 1. The Kier molecular flexibility index (Phi) is 4.69. The van der Waals surface area contributed by atoms with Crippen molar-refractivity contribution in [3.05, 3.63) is 0 Å². The van der Waals surface area contributed by atoms with Crippen LogP contribution in [0.15, 0.2) is 0 Å². The van der Waals surface area contributed by atoms with Gasteiger partial charge in [0, 0.05) is 25.7 Å². The predicted octanol–water partition coefficient (Wildman–Crippen LogP) is 0.101. The normalized spacial score (nSPS) is 22.4. The lowest BCUT2D eigenvalue weighted by Crippen LogP contribution is -2.47. The highest BCUT2D eigenvalue weighted by Crippen LogP contribution is 2.09. The predicted molar refractivity (Wildman–Crippen MR) is 52.3 cm³/mol. The quantitative estimate of drug-likeness (QED) is 0.565. The Hall–Kier alpha value is -0.810. The van der Waals surface area contributed by atoms with Gasteiger partial charge in [0.25, 0.3) is 0 Å². The molecule has 5 nitrogen and oxygen atoms in total. The van der Waals surface area contributed by atoms with Gasteiger partial charge in [0.05, 0.1) is 0 Å². The number of likely N-dealkylation sites (tertiary alicyclic amines) is 1. The standard InChI is InChI=1S/C9H18N2O3/c12-6-2-4-10-8-3-1-5-11(7-8)9(13)14/h8,10,12H,1-7H2,(H,13,14). The molecule has 0 aromatic heterocycles. The first-order valence-corrected chi connectivity index (χ1v) is 5.06. The van der Waals surface area contributed by atoms with E-state index in [4.69, 9.17) is 10.2 Å². The van der Waals surface area contributed by atoms with Crippen molar-refractivity contribution < 1.29 is 15.0 Å². The number of rotatable bonds is 4. The number of carboxylic acid groups (broad SMARTS) is 1. The highest BCUT2D eigenvalue weighted by Gasteiger charge is 2.22. The molecule has 0 radical (unpaired) electrons. The first-order chi connectivity index (χ1) is 6.74. The third-order valence-electron chi connectivity index (χ3n) is 2.46. The monoisotopic (exact) mass is 202 g/mol. The maximum Gasteiger partial charge on any atom is 0.407 e. The van der Waals surface area contributed by atoms with Crippen LogP contribution in [0.5, 0.6) is 0 Å². The number of nitrogens with zero attached hydrogens (tertiary/aromatic N) is 1. The van der Waals surface area contributed by atoms with Gasteiger partial charge in [-0.1, -0.05) is 0 Å². The zero-order valence-corrected chi connectivity index (χ0v) is 8.28. The molecule has 1 fully saturated rings. The summed E-state index contributed by atoms with van der Waals surface area (Å²) in [6, 6.07) is 0.256. The number of hydrogen-bond acceptors (Lipinski definition) is 3. The molecule has 3 N–H and O–H groups in total. The molecule has 0 saturated carbocycles. The maximum absolute atomic E-state index is 10.7. The van der Waals surface area contributed by atoms with Gasteiger partial charge < -0.3 is 20.4 Å². The molecule has 1 heterocycles. The summed E-state index contributed by atoms with van der Waals surface area (Å²) in [5.41, 5.74) is 0. The maximum atomic E-state index is 10.7. The van der Waals surface area contributed by atoms with Gasteiger partial charge in [0.15, 0.2) is 0 Å². The van der Waals surface area contributed by atoms with E-state index in [1.807, 2.05) is 0 Å². The summed E-state index contributed by atoms with van der Waals surface area (Å²) in [7, 11) is 0. The van der Waals surface area contributed by atoms with E-state index < -0.39 is 6.09 Å². The number of nitrogens with one attached hydrogen (secondary N) is 1. The van der Waals surface area contributed by atoms with Crippen molar-refractivity contribution in [2.45, 2.75) is 25.3 Å². The highest BCUT2D eigenvalue weighted by molar-refractivity contribution is 5.65. The van der Waals surface area contributed by atoms with E-state index in [9.17, 15) is 4.79 Å². The van der Waals surface area contributed by atoms with Gasteiger partial charge in [-0.05, 0) is 25.8 Å². The molecule has 0 aromatic rings. The van der Waals surface area contributed by atoms with Crippen LogP contribution in [0.3, 0.4) is 0 Å². The molecular formula is C9H18N2O3. The zero-order valence-electron chi connectivity index (χ0n) is 8.28. The van der Waals surface area contributed by atoms with Crippen LogP contribution in [0.1, 0.15) is 19.3 Å². The second kappa shape index (κ2) is 5.82. The smallest absolute Gasteiger partial charge is 0.407 e. The van der Waals surface area contributed by atoms with Crippen molar-refractivity contribution in [2.75, 3.05) is 26.2 Å². The summed E-state index contributed by atoms with van der Waals surface area (Å²) in [5, 5.41) is 20.6. The molecule has 1 unspecified atom stereocenters. The van der Waals surface area contributed by atoms with Crippen LogP contribution in [-0.2, 0) is 0 Å². The molecule has 0 spiro atoms. The number of hydrogen-bond donors (Lipinski definition) is 3. The summed E-state index contributed by atoms with van der Waals surface area (Å²) < 4.78 is 0. The van der Waals surface area contributed by atoms with Crippen LogP contribution >= 0.6 is 0 Å². The van der Waals surface area contributed by atoms with E-state index in [2.05, 4.69) is 5.32 Å². The summed E-state index contributed by atoms with van der Waals surface area (Å²) >= 11 is 0. The Morgan fingerprint density at radius 3 is 3.00 bits per heavy atom. The number of amides is 1. The number of piperidine rings is 1. The molecule has 82 valence electrons. The molecular weight excluding hydrogens is 184 g/mol. The highest BCUT2D eigenvalue weighted by atomic mass is 16.4. The zero-order chi connectivity index (χ0) is 10.4. The van der Waals surface area contributed by atoms with Crippen molar-refractivity contribution in [2.24, 2.45) is 0 Å². The van der Waals surface area contributed by atoms with Crippen molar-refractivity contribution >= 4 is 6.09 Å². The van der Waals surface area contributed by atoms with Crippen LogP contribution in [0.25, 0.3) is 0 Å². The Morgan fingerprint density at radius 2 is 2.36 bits per heavy atom. The van der Waals surface area contributed by atoms with Gasteiger partial charge in [-0.3, -0.25) is 0 Å². The molecule has 1 saturated heterocycles. The van der Waals surface area contributed by atoms with Crippen molar-refractivity contribution in [3.63, 3.8) is 0 Å². The average molecular weight is 202 g/mol. The fourth-order valence-corrected chi connectivity index (χ4v) is 1.70. The Bertz CT molecular complexity index is 187. The van der Waals surface area contributed by atoms with Gasteiger partial charge in [-0.25, -0.2) is 4.79 Å². The first-order valence-electron chi connectivity index (χ1n) is 5.06. The fourth-order valence-electron chi connectivity index (χ4n) is 1.70. The molecule has 0 aliphatic carbocycles. The van der Waals surface area contributed by atoms with Crippen LogP contribution in [-0.4, -0.2) is 53.5 Å². The van der Waals surface area contributed by atoms with E-state index >= 15 is 0 Å². The molecule has 1 atom stereocenters. The van der Waals surface area contributed by atoms with Gasteiger partial charge >= 0.3 is 6.09 Å². The SMILES string of the molecule is O=C(O)N1CCCC(NCCCO)C1. The minimum Gasteiger partial charge on any atom is -0.465 e. The lowest BCUT2D eigenvalue weighted by atomic mass is 10.1. The number of aliphatic hydroxyl groups excluding tert-OH is 1. The summed E-state index contributed by atoms with van der Waals surface area (Å²) in [6.07, 6.45) is 1.83. The molecule has 1 rings (SSSR count). The molecule has 1 aliphatic rings. The van der Waals surface area contributed by atoms with Crippen LogP contribution in [0.2, 0.25) is 0 Å². The van der Waals surface area contributed by atoms with E-state index in [-0.39, 0.29) is 12.6 Å². The second-order valence-corrected chi connectivity index (χ2v) is 3.60. The number of carbonyl (C=O) groups is 1. The largest absolute Gasteiger partial charge is 0.465 e. The van der Waals surface area contributed by atoms with Crippen molar-refractivity contribution in [3.8, 4) is 0 Å². The van der Waals surface area contributed by atoms with Crippen LogP contribution in [0, 0.1) is 0 Å². The molecule has 0 aromatic carbocycles. The first kappa shape index (κ1) is 11.3. The average Bonchev–Trinajstić information content (AvgIpc) is 2.19. The minimum atomic E-state index is -0.835. The topological polar surface area (TPSA) is 72.8 Å². The van der Waals surface area contributed by atoms with E-state index in [0.29, 0.717) is 13.1 Å². The third kappa shape index (κ3) is 3.51. The lowest BCUT2D eigenvalue weighted by Gasteiger charge is -2.31. The Labute approximate surface area is 83.7 Å². The molecule has 0 bridgehead atoms. The summed E-state index contributed by atoms with van der Waals surface area (Å²) in [6.45, 7) is 2.16. The van der Waals surface area contributed by atoms with Gasteiger partial charge in [-0.15, -0.1) is 0 Å². The Balaban J connectivity index is 2.22. The molecule has 1 amide bonds. The minimum absolute atomic E-state index is 0.183. The summed E-state index contributed by atoms with van der Waals surface area (Å²) in [5.74, 6) is 0. The van der Waals surface area contributed by atoms with E-state index in [0.717, 1.165) is 25.8 Å². The van der Waals surface area contributed by atoms with E-state index in [1.165, 1.54) is 4.90 Å². The molecule has 14 heavy (non-hydrogen) atoms. The summed E-state index contributed by atoms with van der Waals surface area (Å²) in [4.78, 5) is 12.1. The Morgan fingerprint density at radius 1 is 1.57 bits per heavy atom. The molecule has 5 heteroatoms. The van der Waals surface area contributed by atoms with Gasteiger partial charge in [-0.2, -0.15) is 0 Å². The van der Waals surface area contributed by atoms with Crippen LogP contribution < -0.4 is 5.32 Å². The second-order valence-electron chi connectivity index (χ2n) is 3.60. The molecule has 1 aliphatic heterocycles. The van der Waals surface area contributed by atoms with Crippen molar-refractivity contribution in [1.29, 1.82) is 0 Å². The van der Waals surface area contributed by atoms with E-state index in [1.54, 1.807) is 0 Å². The van der Waals surface area contributed by atoms with Gasteiger partial charge in [0.2, 0.25) is 0 Å². The third-order valence-corrected chi connectivity index (χ3v) is 2.46. The van der Waals surface area contributed by atoms with Gasteiger partial charge in [0.1, 0.15) is 0 Å². The fraction of sp³-hybridized carbons (Fsp3) is 0.889.